The second-order valence-electron chi connectivity index (χ2n) is 6.07. The highest BCUT2D eigenvalue weighted by atomic mass is 19.1. The third kappa shape index (κ3) is 3.07. The lowest BCUT2D eigenvalue weighted by Crippen LogP contribution is -2.06. The number of carbonyl (C=O) groups excluding carboxylic acids is 1. The zero-order chi connectivity index (χ0) is 18.1. The molecule has 1 amide bonds. The van der Waals surface area contributed by atoms with Crippen molar-refractivity contribution in [1.29, 1.82) is 0 Å². The maximum Gasteiger partial charge on any atom is 0.221 e. The maximum absolute atomic E-state index is 14.0. The van der Waals surface area contributed by atoms with Crippen LogP contribution in [0.2, 0.25) is 0 Å². The largest absolute Gasteiger partial charge is 0.359 e. The van der Waals surface area contributed by atoms with E-state index in [4.69, 9.17) is 4.98 Å². The van der Waals surface area contributed by atoms with Crippen molar-refractivity contribution in [2.24, 2.45) is 0 Å². The monoisotopic (exact) mass is 345 g/mol. The first-order chi connectivity index (χ1) is 12.6. The summed E-state index contributed by atoms with van der Waals surface area (Å²) in [6, 6.07) is 18.1. The summed E-state index contributed by atoms with van der Waals surface area (Å²) in [6.07, 6.45) is 1.92. The number of aromatic nitrogens is 2. The minimum atomic E-state index is -0.425. The van der Waals surface area contributed by atoms with Gasteiger partial charge in [0.1, 0.15) is 5.82 Å². The van der Waals surface area contributed by atoms with E-state index in [2.05, 4.69) is 10.3 Å². The van der Waals surface area contributed by atoms with E-state index in [-0.39, 0.29) is 5.91 Å². The first kappa shape index (κ1) is 16.0. The molecule has 0 aliphatic carbocycles. The Labute approximate surface area is 149 Å². The molecule has 4 rings (SSSR count). The topological polar surface area (TPSA) is 57.8 Å². The van der Waals surface area contributed by atoms with Gasteiger partial charge >= 0.3 is 0 Å². The molecule has 128 valence electrons. The molecular weight excluding hydrogens is 329 g/mol. The third-order valence-corrected chi connectivity index (χ3v) is 4.12. The van der Waals surface area contributed by atoms with Crippen LogP contribution in [-0.4, -0.2) is 15.9 Å². The lowest BCUT2D eigenvalue weighted by Gasteiger charge is -2.07. The number of nitrogens with zero attached hydrogens (tertiary/aromatic N) is 1. The number of halogens is 1. The van der Waals surface area contributed by atoms with Crippen molar-refractivity contribution in [2.45, 2.75) is 6.92 Å². The molecule has 5 heteroatoms. The Morgan fingerprint density at radius 2 is 1.85 bits per heavy atom. The van der Waals surface area contributed by atoms with Crippen LogP contribution in [0.25, 0.3) is 33.4 Å². The molecule has 0 unspecified atom stereocenters. The van der Waals surface area contributed by atoms with E-state index in [9.17, 15) is 9.18 Å². The van der Waals surface area contributed by atoms with Crippen LogP contribution in [0.1, 0.15) is 6.92 Å². The highest BCUT2D eigenvalue weighted by molar-refractivity contribution is 5.94. The zero-order valence-electron chi connectivity index (χ0n) is 14.1. The van der Waals surface area contributed by atoms with Crippen LogP contribution in [0.4, 0.5) is 10.1 Å². The van der Waals surface area contributed by atoms with E-state index in [1.54, 1.807) is 6.07 Å². The van der Waals surface area contributed by atoms with Crippen LogP contribution >= 0.6 is 0 Å². The van der Waals surface area contributed by atoms with Gasteiger partial charge in [0.05, 0.1) is 16.7 Å². The smallest absolute Gasteiger partial charge is 0.221 e. The average Bonchev–Trinajstić information content (AvgIpc) is 3.04. The molecule has 0 spiro atoms. The molecule has 0 bridgehead atoms. The number of rotatable bonds is 3. The number of nitrogens with one attached hydrogen (secondary N) is 2. The van der Waals surface area contributed by atoms with E-state index < -0.39 is 5.82 Å². The fourth-order valence-electron chi connectivity index (χ4n) is 3.01. The number of amides is 1. The Kier molecular flexibility index (Phi) is 3.97. The average molecular weight is 345 g/mol. The standard InChI is InChI=1S/C21H16FN3O/c1-13(26)24-17-10-15(9-16(22)11-17)19-7-8-20-21(25-19)18(12-23-20)14-5-3-2-4-6-14/h2-12,23H,1H3,(H,24,26). The number of benzene rings is 2. The molecule has 0 saturated carbocycles. The van der Waals surface area contributed by atoms with Gasteiger partial charge in [-0.1, -0.05) is 30.3 Å². The Morgan fingerprint density at radius 1 is 1.04 bits per heavy atom. The van der Waals surface area contributed by atoms with E-state index >= 15 is 0 Å². The number of H-pyrrole nitrogens is 1. The summed E-state index contributed by atoms with van der Waals surface area (Å²) in [5, 5.41) is 2.61. The Bertz CT molecular complexity index is 1100. The number of hydrogen-bond donors (Lipinski definition) is 2. The van der Waals surface area contributed by atoms with Crippen molar-refractivity contribution in [2.75, 3.05) is 5.32 Å². The second-order valence-corrected chi connectivity index (χ2v) is 6.07. The molecule has 4 aromatic rings. The Morgan fingerprint density at radius 3 is 2.62 bits per heavy atom. The van der Waals surface area contributed by atoms with Gasteiger partial charge in [-0.3, -0.25) is 4.79 Å². The predicted molar refractivity (Wildman–Crippen MR) is 101 cm³/mol. The fourth-order valence-corrected chi connectivity index (χ4v) is 3.01. The molecule has 2 aromatic heterocycles. The molecular formula is C21H16FN3O. The van der Waals surface area contributed by atoms with Crippen LogP contribution in [0.5, 0.6) is 0 Å². The van der Waals surface area contributed by atoms with E-state index in [0.29, 0.717) is 16.9 Å². The van der Waals surface area contributed by atoms with Gasteiger partial charge in [-0.15, -0.1) is 0 Å². The molecule has 2 aromatic carbocycles. The molecule has 0 fully saturated rings. The van der Waals surface area contributed by atoms with Crippen molar-refractivity contribution in [1.82, 2.24) is 9.97 Å². The highest BCUT2D eigenvalue weighted by Crippen LogP contribution is 2.30. The first-order valence-electron chi connectivity index (χ1n) is 8.22. The van der Waals surface area contributed by atoms with Crippen molar-refractivity contribution in [3.63, 3.8) is 0 Å². The Balaban J connectivity index is 1.83. The molecule has 4 nitrogen and oxygen atoms in total. The first-order valence-corrected chi connectivity index (χ1v) is 8.22. The summed E-state index contributed by atoms with van der Waals surface area (Å²) in [4.78, 5) is 19.2. The second kappa shape index (κ2) is 6.44. The van der Waals surface area contributed by atoms with Gasteiger partial charge in [0, 0.05) is 29.9 Å². The highest BCUT2D eigenvalue weighted by Gasteiger charge is 2.11. The number of hydrogen-bond acceptors (Lipinski definition) is 2. The lowest BCUT2D eigenvalue weighted by atomic mass is 10.1. The fraction of sp³-hybridized carbons (Fsp3) is 0.0476. The number of anilines is 1. The van der Waals surface area contributed by atoms with Crippen LogP contribution < -0.4 is 5.32 Å². The molecule has 0 aliphatic rings. The van der Waals surface area contributed by atoms with Crippen molar-refractivity contribution >= 4 is 22.6 Å². The Hall–Kier alpha value is -3.47. The van der Waals surface area contributed by atoms with Gasteiger partial charge in [-0.25, -0.2) is 9.37 Å². The third-order valence-electron chi connectivity index (χ3n) is 4.12. The predicted octanol–water partition coefficient (Wildman–Crippen LogP) is 4.99. The number of carbonyl (C=O) groups is 1. The minimum absolute atomic E-state index is 0.248. The molecule has 2 heterocycles. The van der Waals surface area contributed by atoms with Gasteiger partial charge < -0.3 is 10.3 Å². The molecule has 0 aliphatic heterocycles. The van der Waals surface area contributed by atoms with E-state index in [0.717, 1.165) is 22.2 Å². The van der Waals surface area contributed by atoms with Crippen molar-refractivity contribution in [3.05, 3.63) is 72.7 Å². The van der Waals surface area contributed by atoms with E-state index in [1.807, 2.05) is 48.7 Å². The summed E-state index contributed by atoms with van der Waals surface area (Å²) in [6.45, 7) is 1.39. The molecule has 0 saturated heterocycles. The van der Waals surface area contributed by atoms with Gasteiger partial charge in [0.15, 0.2) is 0 Å². The summed E-state index contributed by atoms with van der Waals surface area (Å²) >= 11 is 0. The summed E-state index contributed by atoms with van der Waals surface area (Å²) in [7, 11) is 0. The van der Waals surface area contributed by atoms with Crippen LogP contribution in [0, 0.1) is 5.82 Å². The molecule has 26 heavy (non-hydrogen) atoms. The van der Waals surface area contributed by atoms with Crippen LogP contribution in [-0.2, 0) is 4.79 Å². The van der Waals surface area contributed by atoms with Crippen molar-refractivity contribution in [3.8, 4) is 22.4 Å². The minimum Gasteiger partial charge on any atom is -0.359 e. The van der Waals surface area contributed by atoms with Gasteiger partial charge in [-0.2, -0.15) is 0 Å². The summed E-state index contributed by atoms with van der Waals surface area (Å²) in [5.74, 6) is -0.674. The molecule has 2 N–H and O–H groups in total. The quantitative estimate of drug-likeness (QED) is 0.549. The lowest BCUT2D eigenvalue weighted by molar-refractivity contribution is -0.114. The molecule has 0 radical (unpaired) electrons. The van der Waals surface area contributed by atoms with Gasteiger partial charge in [-0.05, 0) is 35.9 Å². The van der Waals surface area contributed by atoms with Gasteiger partial charge in [0.25, 0.3) is 0 Å². The zero-order valence-corrected chi connectivity index (χ0v) is 14.1. The summed E-state index contributed by atoms with van der Waals surface area (Å²) in [5.41, 5.74) is 5.43. The SMILES string of the molecule is CC(=O)Nc1cc(F)cc(-c2ccc3[nH]cc(-c4ccccc4)c3n2)c1. The van der Waals surface area contributed by atoms with Crippen LogP contribution in [0.15, 0.2) is 66.9 Å². The number of pyridine rings is 1. The van der Waals surface area contributed by atoms with E-state index in [1.165, 1.54) is 19.1 Å². The molecule has 0 atom stereocenters. The normalized spacial score (nSPS) is 10.8. The van der Waals surface area contributed by atoms with Crippen molar-refractivity contribution < 1.29 is 9.18 Å². The van der Waals surface area contributed by atoms with Gasteiger partial charge in [0.2, 0.25) is 5.91 Å². The van der Waals surface area contributed by atoms with Crippen LogP contribution in [0.3, 0.4) is 0 Å². The summed E-state index contributed by atoms with van der Waals surface area (Å²) < 4.78 is 14.0. The number of fused-ring (bicyclic) bond motifs is 1. The maximum atomic E-state index is 14.0. The number of aromatic amines is 1.